The number of hydrogen-bond donors (Lipinski definition) is 3. The Labute approximate surface area is 151 Å². The topological polar surface area (TPSA) is 102 Å². The van der Waals surface area contributed by atoms with E-state index in [2.05, 4.69) is 10.3 Å². The van der Waals surface area contributed by atoms with Gasteiger partial charge in [-0.25, -0.2) is 4.79 Å². The number of nitrogens with zero attached hydrogens (tertiary/aromatic N) is 1. The first-order chi connectivity index (χ1) is 12.4. The number of para-hydroxylation sites is 1. The number of anilines is 1. The molecule has 2 unspecified atom stereocenters. The molecule has 0 spiro atoms. The fourth-order valence-electron chi connectivity index (χ4n) is 3.20. The van der Waals surface area contributed by atoms with Crippen LogP contribution >= 0.6 is 0 Å². The third-order valence-electron chi connectivity index (χ3n) is 4.81. The number of aromatic carboxylic acids is 1. The van der Waals surface area contributed by atoms with Gasteiger partial charge in [-0.3, -0.25) is 9.59 Å². The average molecular weight is 355 g/mol. The van der Waals surface area contributed by atoms with Crippen molar-refractivity contribution in [1.29, 1.82) is 0 Å². The molecule has 3 N–H and O–H groups in total. The van der Waals surface area contributed by atoms with Gasteiger partial charge in [-0.05, 0) is 29.7 Å². The number of fused-ring (bicyclic) bond motifs is 1. The Morgan fingerprint density at radius 3 is 2.58 bits per heavy atom. The third kappa shape index (κ3) is 3.20. The molecule has 1 aromatic heterocycles. The summed E-state index contributed by atoms with van der Waals surface area (Å²) >= 11 is 0. The minimum atomic E-state index is -1.14. The van der Waals surface area contributed by atoms with Crippen LogP contribution in [-0.2, 0) is 11.3 Å². The van der Waals surface area contributed by atoms with Crippen molar-refractivity contribution >= 4 is 23.5 Å². The molecule has 0 fully saturated rings. The molecule has 1 aromatic carbocycles. The minimum absolute atomic E-state index is 0.0535. The lowest BCUT2D eigenvalue weighted by Crippen LogP contribution is -2.49. The highest BCUT2D eigenvalue weighted by Crippen LogP contribution is 2.28. The minimum Gasteiger partial charge on any atom is -0.477 e. The molecule has 2 atom stereocenters. The van der Waals surface area contributed by atoms with Crippen LogP contribution < -0.4 is 5.32 Å². The Hall–Kier alpha value is -3.09. The van der Waals surface area contributed by atoms with Gasteiger partial charge in [-0.15, -0.1) is 0 Å². The Morgan fingerprint density at radius 1 is 1.23 bits per heavy atom. The van der Waals surface area contributed by atoms with Crippen molar-refractivity contribution in [3.63, 3.8) is 0 Å². The number of hydrogen-bond acceptors (Lipinski definition) is 3. The smallest absolute Gasteiger partial charge is 0.352 e. The molecular weight excluding hydrogens is 334 g/mol. The first-order valence-electron chi connectivity index (χ1n) is 8.54. The highest BCUT2D eigenvalue weighted by molar-refractivity contribution is 6.02. The van der Waals surface area contributed by atoms with Crippen molar-refractivity contribution in [2.24, 2.45) is 5.92 Å². The summed E-state index contributed by atoms with van der Waals surface area (Å²) in [5.41, 5.74) is 1.62. The molecule has 136 valence electrons. The lowest BCUT2D eigenvalue weighted by atomic mass is 9.96. The lowest BCUT2D eigenvalue weighted by Gasteiger charge is -2.32. The first-order valence-corrected chi connectivity index (χ1v) is 8.54. The number of nitrogens with one attached hydrogen (secondary N) is 2. The zero-order chi connectivity index (χ0) is 18.8. The number of benzene rings is 1. The Morgan fingerprint density at radius 2 is 1.92 bits per heavy atom. The van der Waals surface area contributed by atoms with Crippen LogP contribution in [0.25, 0.3) is 0 Å². The van der Waals surface area contributed by atoms with Gasteiger partial charge >= 0.3 is 5.97 Å². The van der Waals surface area contributed by atoms with E-state index in [0.29, 0.717) is 5.69 Å². The van der Waals surface area contributed by atoms with Crippen LogP contribution in [0.4, 0.5) is 5.69 Å². The summed E-state index contributed by atoms with van der Waals surface area (Å²) in [5, 5.41) is 12.0. The summed E-state index contributed by atoms with van der Waals surface area (Å²) < 4.78 is 0. The van der Waals surface area contributed by atoms with Gasteiger partial charge in [0.15, 0.2) is 0 Å². The molecule has 0 saturated heterocycles. The molecule has 26 heavy (non-hydrogen) atoms. The van der Waals surface area contributed by atoms with Crippen LogP contribution in [0.1, 0.15) is 46.8 Å². The van der Waals surface area contributed by atoms with E-state index in [9.17, 15) is 14.4 Å². The second-order valence-corrected chi connectivity index (χ2v) is 6.50. The summed E-state index contributed by atoms with van der Waals surface area (Å²) in [6, 6.07) is 9.51. The fourth-order valence-corrected chi connectivity index (χ4v) is 3.20. The molecule has 1 aliphatic heterocycles. The summed E-state index contributed by atoms with van der Waals surface area (Å²) in [4.78, 5) is 41.2. The first kappa shape index (κ1) is 17.7. The molecule has 2 amide bonds. The van der Waals surface area contributed by atoms with Crippen LogP contribution in [-0.4, -0.2) is 38.8 Å². The zero-order valence-electron chi connectivity index (χ0n) is 14.7. The molecule has 0 radical (unpaired) electrons. The molecule has 0 aliphatic carbocycles. The molecule has 3 rings (SSSR count). The molecule has 0 saturated carbocycles. The number of aromatic amines is 1. The average Bonchev–Trinajstić information content (AvgIpc) is 3.06. The molecule has 2 heterocycles. The van der Waals surface area contributed by atoms with E-state index in [1.165, 1.54) is 17.0 Å². The second-order valence-electron chi connectivity index (χ2n) is 6.50. The van der Waals surface area contributed by atoms with Crippen LogP contribution in [0.5, 0.6) is 0 Å². The molecule has 0 bridgehead atoms. The SMILES string of the molecule is CCC(C)C1C(=O)Nc2ccccc2CN1C(=O)c1ccc(C(=O)O)[nH]1. The Balaban J connectivity index is 2.02. The number of H-pyrrole nitrogens is 1. The molecule has 7 heteroatoms. The molecular formula is C19H21N3O4. The Bertz CT molecular complexity index is 858. The molecule has 2 aromatic rings. The van der Waals surface area contributed by atoms with Crippen LogP contribution in [0.15, 0.2) is 36.4 Å². The van der Waals surface area contributed by atoms with E-state index >= 15 is 0 Å². The highest BCUT2D eigenvalue weighted by atomic mass is 16.4. The second kappa shape index (κ2) is 7.03. The van der Waals surface area contributed by atoms with Gasteiger partial charge in [0.1, 0.15) is 17.4 Å². The summed E-state index contributed by atoms with van der Waals surface area (Å²) in [7, 11) is 0. The van der Waals surface area contributed by atoms with Crippen molar-refractivity contribution in [3.8, 4) is 0 Å². The lowest BCUT2D eigenvalue weighted by molar-refractivity contribution is -0.122. The number of aromatic nitrogens is 1. The van der Waals surface area contributed by atoms with Gasteiger partial charge in [0, 0.05) is 12.2 Å². The van der Waals surface area contributed by atoms with E-state index in [0.717, 1.165) is 12.0 Å². The Kier molecular flexibility index (Phi) is 4.79. The highest BCUT2D eigenvalue weighted by Gasteiger charge is 2.37. The number of carbonyl (C=O) groups excluding carboxylic acids is 2. The number of carboxylic acids is 1. The predicted molar refractivity (Wildman–Crippen MR) is 95.9 cm³/mol. The fraction of sp³-hybridized carbons (Fsp3) is 0.316. The monoisotopic (exact) mass is 355 g/mol. The quantitative estimate of drug-likeness (QED) is 0.784. The van der Waals surface area contributed by atoms with Crippen LogP contribution in [0.2, 0.25) is 0 Å². The number of rotatable bonds is 4. The van der Waals surface area contributed by atoms with Crippen LogP contribution in [0.3, 0.4) is 0 Å². The van der Waals surface area contributed by atoms with Gasteiger partial charge in [0.25, 0.3) is 5.91 Å². The summed E-state index contributed by atoms with van der Waals surface area (Å²) in [5.74, 6) is -1.82. The molecule has 7 nitrogen and oxygen atoms in total. The van der Waals surface area contributed by atoms with Crippen molar-refractivity contribution in [2.45, 2.75) is 32.9 Å². The van der Waals surface area contributed by atoms with E-state index in [1.807, 2.05) is 38.1 Å². The van der Waals surface area contributed by atoms with Crippen molar-refractivity contribution < 1.29 is 19.5 Å². The van der Waals surface area contributed by atoms with E-state index < -0.39 is 17.9 Å². The van der Waals surface area contributed by atoms with Gasteiger partial charge in [0.2, 0.25) is 5.91 Å². The maximum Gasteiger partial charge on any atom is 0.352 e. The maximum absolute atomic E-state index is 13.1. The van der Waals surface area contributed by atoms with E-state index in [4.69, 9.17) is 5.11 Å². The van der Waals surface area contributed by atoms with Gasteiger partial charge < -0.3 is 20.3 Å². The summed E-state index contributed by atoms with van der Waals surface area (Å²) in [6.07, 6.45) is 0.726. The standard InChI is InChI=1S/C19H21N3O4/c1-3-11(2)16-17(23)21-13-7-5-4-6-12(13)10-22(16)18(24)14-8-9-15(20-14)19(25)26/h4-9,11,16,20H,3,10H2,1-2H3,(H,21,23)(H,25,26). The zero-order valence-corrected chi connectivity index (χ0v) is 14.7. The van der Waals surface area contributed by atoms with Gasteiger partial charge in [0.05, 0.1) is 0 Å². The summed E-state index contributed by atoms with van der Waals surface area (Å²) in [6.45, 7) is 4.16. The number of carboxylic acid groups (broad SMARTS) is 1. The van der Waals surface area contributed by atoms with E-state index in [-0.39, 0.29) is 29.8 Å². The van der Waals surface area contributed by atoms with Crippen LogP contribution in [0, 0.1) is 5.92 Å². The maximum atomic E-state index is 13.1. The third-order valence-corrected chi connectivity index (χ3v) is 4.81. The van der Waals surface area contributed by atoms with Gasteiger partial charge in [-0.1, -0.05) is 38.5 Å². The number of amides is 2. The molecule has 1 aliphatic rings. The largest absolute Gasteiger partial charge is 0.477 e. The van der Waals surface area contributed by atoms with E-state index in [1.54, 1.807) is 0 Å². The van der Waals surface area contributed by atoms with Crippen molar-refractivity contribution in [1.82, 2.24) is 9.88 Å². The predicted octanol–water partition coefficient (Wildman–Crippen LogP) is 2.72. The van der Waals surface area contributed by atoms with Crippen molar-refractivity contribution in [2.75, 3.05) is 5.32 Å². The number of carbonyl (C=O) groups is 3. The van der Waals surface area contributed by atoms with Crippen molar-refractivity contribution in [3.05, 3.63) is 53.3 Å². The normalized spacial score (nSPS) is 17.8. The van der Waals surface area contributed by atoms with Gasteiger partial charge in [-0.2, -0.15) is 0 Å².